The maximum absolute atomic E-state index is 13.3. The minimum Gasteiger partial charge on any atom is -0.483 e. The Balaban J connectivity index is 0.936. The number of piperidine rings is 1. The van der Waals surface area contributed by atoms with E-state index in [1.54, 1.807) is 17.4 Å². The molecule has 0 aliphatic carbocycles. The Morgan fingerprint density at radius 3 is 2.48 bits per heavy atom. The van der Waals surface area contributed by atoms with E-state index in [4.69, 9.17) is 21.3 Å². The van der Waals surface area contributed by atoms with Crippen LogP contribution < -0.4 is 20.7 Å². The summed E-state index contributed by atoms with van der Waals surface area (Å²) >= 11 is 7.84. The lowest BCUT2D eigenvalue weighted by Crippen LogP contribution is -2.51. The molecular weight excluding hydrogens is 732 g/mol. The standard InChI is InChI=1S/C38H37ClN8O6S/c1-19-9-14-27(35(50)42-19)47-36(51)25-7-5-8-28(32(25)37(47)52)53-18-30(49)41-16-6-15-40-29(48)17-26-34-45-44-22(4)46(34)38-31(20(2)21(3)54-38)33(43-26)23-10-12-24(39)13-11-23/h5,7-8,10-13,26-27H,1,6,9,14-18H2,2-4H3,(H,40,48)(H,41,49)(H,42,50)/t26-,27?/m0/s1. The van der Waals surface area contributed by atoms with Crippen molar-refractivity contribution in [2.45, 2.75) is 58.5 Å². The zero-order valence-electron chi connectivity index (χ0n) is 29.8. The number of aryl methyl sites for hydroxylation is 2. The van der Waals surface area contributed by atoms with Gasteiger partial charge in [-0.3, -0.25) is 38.4 Å². The Labute approximate surface area is 319 Å². The number of nitrogens with one attached hydrogen (secondary N) is 3. The molecule has 3 aliphatic rings. The number of nitrogens with zero attached hydrogens (tertiary/aromatic N) is 5. The van der Waals surface area contributed by atoms with E-state index in [0.29, 0.717) is 41.8 Å². The van der Waals surface area contributed by atoms with Crippen molar-refractivity contribution in [3.05, 3.63) is 104 Å². The van der Waals surface area contributed by atoms with E-state index in [1.807, 2.05) is 35.8 Å². The van der Waals surface area contributed by atoms with Crippen molar-refractivity contribution in [1.82, 2.24) is 35.6 Å². The normalized spacial score (nSPS) is 17.6. The van der Waals surface area contributed by atoms with E-state index < -0.39 is 42.3 Å². The molecule has 2 atom stereocenters. The number of aromatic nitrogens is 3. The molecule has 16 heteroatoms. The van der Waals surface area contributed by atoms with Crippen molar-refractivity contribution in [2.75, 3.05) is 19.7 Å². The van der Waals surface area contributed by atoms with Crippen molar-refractivity contribution >= 4 is 58.2 Å². The highest BCUT2D eigenvalue weighted by Gasteiger charge is 2.45. The SMILES string of the molecule is C=C1CCC(N2C(=O)c3cccc(OCC(=O)NCCCNC(=O)C[C@@H]4N=C(c5ccc(Cl)cc5)c5c(sc(C)c5C)-n5c(C)nnc54)c3C2=O)C(=O)N1. The monoisotopic (exact) mass is 768 g/mol. The second-order valence-corrected chi connectivity index (χ2v) is 14.9. The number of hydrogen-bond donors (Lipinski definition) is 3. The van der Waals surface area contributed by atoms with Crippen LogP contribution in [0.5, 0.6) is 5.75 Å². The molecule has 1 unspecified atom stereocenters. The van der Waals surface area contributed by atoms with Crippen LogP contribution in [0.15, 0.2) is 59.7 Å². The summed E-state index contributed by atoms with van der Waals surface area (Å²) in [6.07, 6.45) is 1.18. The smallest absolute Gasteiger partial charge is 0.266 e. The van der Waals surface area contributed by atoms with Gasteiger partial charge in [-0.2, -0.15) is 0 Å². The second kappa shape index (κ2) is 15.0. The highest BCUT2D eigenvalue weighted by molar-refractivity contribution is 7.15. The molecule has 5 amide bonds. The number of imide groups is 1. The summed E-state index contributed by atoms with van der Waals surface area (Å²) in [7, 11) is 0. The first-order chi connectivity index (χ1) is 25.9. The van der Waals surface area contributed by atoms with Crippen molar-refractivity contribution in [3.63, 3.8) is 0 Å². The molecule has 7 rings (SSSR count). The Kier molecular flexibility index (Phi) is 10.2. The molecule has 4 aromatic rings. The molecule has 14 nitrogen and oxygen atoms in total. The number of carbonyl (C=O) groups excluding carboxylic acids is 5. The van der Waals surface area contributed by atoms with Gasteiger partial charge in [-0.15, -0.1) is 21.5 Å². The summed E-state index contributed by atoms with van der Waals surface area (Å²) in [4.78, 5) is 72.1. The average Bonchev–Trinajstić information content (AvgIpc) is 3.72. The molecule has 3 aliphatic heterocycles. The Hall–Kier alpha value is -5.67. The maximum atomic E-state index is 13.3. The second-order valence-electron chi connectivity index (χ2n) is 13.3. The number of rotatable bonds is 11. The number of ether oxygens (including phenoxy) is 1. The van der Waals surface area contributed by atoms with Crippen molar-refractivity contribution in [3.8, 4) is 10.8 Å². The fourth-order valence-corrected chi connectivity index (χ4v) is 8.14. The van der Waals surface area contributed by atoms with Gasteiger partial charge >= 0.3 is 0 Å². The summed E-state index contributed by atoms with van der Waals surface area (Å²) in [5.74, 6) is -1.05. The first kappa shape index (κ1) is 36.7. The molecule has 0 spiro atoms. The van der Waals surface area contributed by atoms with E-state index >= 15 is 0 Å². The topological polar surface area (TPSA) is 177 Å². The molecule has 2 aromatic heterocycles. The number of thiophene rings is 1. The summed E-state index contributed by atoms with van der Waals surface area (Å²) in [6, 6.07) is 10.5. The Morgan fingerprint density at radius 1 is 1.00 bits per heavy atom. The lowest BCUT2D eigenvalue weighted by atomic mass is 9.99. The van der Waals surface area contributed by atoms with Gasteiger partial charge in [0.25, 0.3) is 17.7 Å². The number of benzene rings is 2. The molecule has 5 heterocycles. The molecule has 54 heavy (non-hydrogen) atoms. The zero-order chi connectivity index (χ0) is 38.3. The van der Waals surface area contributed by atoms with Crippen LogP contribution in [0.4, 0.5) is 0 Å². The van der Waals surface area contributed by atoms with E-state index in [9.17, 15) is 24.0 Å². The van der Waals surface area contributed by atoms with Crippen LogP contribution in [0.3, 0.4) is 0 Å². The average molecular weight is 769 g/mol. The van der Waals surface area contributed by atoms with Crippen LogP contribution in [0.25, 0.3) is 5.00 Å². The van der Waals surface area contributed by atoms with Gasteiger partial charge in [0.2, 0.25) is 11.8 Å². The number of carbonyl (C=O) groups is 5. The highest BCUT2D eigenvalue weighted by atomic mass is 35.5. The van der Waals surface area contributed by atoms with Gasteiger partial charge in [0.15, 0.2) is 12.4 Å². The van der Waals surface area contributed by atoms with Crippen molar-refractivity contribution in [2.24, 2.45) is 4.99 Å². The lowest BCUT2D eigenvalue weighted by Gasteiger charge is -2.29. The molecule has 1 saturated heterocycles. The van der Waals surface area contributed by atoms with Gasteiger partial charge in [-0.25, -0.2) is 0 Å². The van der Waals surface area contributed by atoms with Gasteiger partial charge in [-0.05, 0) is 69.9 Å². The minimum atomic E-state index is -0.960. The molecule has 0 bridgehead atoms. The third kappa shape index (κ3) is 6.92. The molecular formula is C38H37ClN8O6S. The molecule has 0 saturated carbocycles. The predicted molar refractivity (Wildman–Crippen MR) is 201 cm³/mol. The minimum absolute atomic E-state index is 0.0165. The largest absolute Gasteiger partial charge is 0.483 e. The lowest BCUT2D eigenvalue weighted by molar-refractivity contribution is -0.125. The van der Waals surface area contributed by atoms with Gasteiger partial charge in [0.1, 0.15) is 28.7 Å². The van der Waals surface area contributed by atoms with Crippen LogP contribution in [0.2, 0.25) is 5.02 Å². The highest BCUT2D eigenvalue weighted by Crippen LogP contribution is 2.40. The third-order valence-electron chi connectivity index (χ3n) is 9.63. The summed E-state index contributed by atoms with van der Waals surface area (Å²) in [5, 5.41) is 18.6. The summed E-state index contributed by atoms with van der Waals surface area (Å²) in [5.41, 5.74) is 4.37. The quantitative estimate of drug-likeness (QED) is 0.150. The van der Waals surface area contributed by atoms with Crippen LogP contribution in [-0.2, 0) is 14.4 Å². The molecule has 278 valence electrons. The Morgan fingerprint density at radius 2 is 1.74 bits per heavy atom. The fourth-order valence-electron chi connectivity index (χ4n) is 6.80. The van der Waals surface area contributed by atoms with Crippen LogP contribution in [0.1, 0.15) is 85.7 Å². The van der Waals surface area contributed by atoms with Crippen molar-refractivity contribution in [1.29, 1.82) is 0 Å². The van der Waals surface area contributed by atoms with E-state index in [1.165, 1.54) is 12.1 Å². The van der Waals surface area contributed by atoms with Gasteiger partial charge < -0.3 is 20.7 Å². The first-order valence-corrected chi connectivity index (χ1v) is 18.6. The number of aliphatic imine (C=N–C) groups is 1. The molecule has 0 radical (unpaired) electrons. The van der Waals surface area contributed by atoms with E-state index in [0.717, 1.165) is 37.2 Å². The molecule has 3 N–H and O–H groups in total. The molecule has 2 aromatic carbocycles. The number of halogens is 1. The number of hydrogen-bond acceptors (Lipinski definition) is 10. The maximum Gasteiger partial charge on any atom is 0.266 e. The summed E-state index contributed by atoms with van der Waals surface area (Å²) in [6.45, 7) is 9.89. The van der Waals surface area contributed by atoms with Crippen LogP contribution in [-0.4, -0.2) is 80.7 Å². The predicted octanol–water partition coefficient (Wildman–Crippen LogP) is 4.28. The van der Waals surface area contributed by atoms with Gasteiger partial charge in [0, 0.05) is 39.8 Å². The first-order valence-electron chi connectivity index (χ1n) is 17.4. The van der Waals surface area contributed by atoms with E-state index in [-0.39, 0.29) is 42.2 Å². The van der Waals surface area contributed by atoms with E-state index in [2.05, 4.69) is 46.6 Å². The number of amides is 5. The third-order valence-corrected chi connectivity index (χ3v) is 11.1. The van der Waals surface area contributed by atoms with Crippen molar-refractivity contribution < 1.29 is 28.7 Å². The fraction of sp³-hybridized carbons (Fsp3) is 0.316. The van der Waals surface area contributed by atoms with Crippen LogP contribution in [0, 0.1) is 20.8 Å². The van der Waals surface area contributed by atoms with Gasteiger partial charge in [0.05, 0.1) is 23.3 Å². The van der Waals surface area contributed by atoms with Gasteiger partial charge in [-0.1, -0.05) is 36.4 Å². The zero-order valence-corrected chi connectivity index (χ0v) is 31.4. The number of fused-ring (bicyclic) bond motifs is 4. The summed E-state index contributed by atoms with van der Waals surface area (Å²) < 4.78 is 7.67. The Bertz CT molecular complexity index is 2260. The molecule has 1 fully saturated rings. The number of allylic oxidation sites excluding steroid dienone is 1. The van der Waals surface area contributed by atoms with Crippen LogP contribution >= 0.6 is 22.9 Å².